The van der Waals surface area contributed by atoms with E-state index < -0.39 is 9.84 Å². The molecule has 1 aliphatic carbocycles. The zero-order valence-corrected chi connectivity index (χ0v) is 17.8. The van der Waals surface area contributed by atoms with Gasteiger partial charge in [0.15, 0.2) is 9.84 Å². The minimum absolute atomic E-state index is 0.155. The molecule has 0 bridgehead atoms. The molecule has 2 aromatic rings. The predicted octanol–water partition coefficient (Wildman–Crippen LogP) is 3.35. The molecule has 0 amide bonds. The van der Waals surface area contributed by atoms with E-state index in [1.165, 1.54) is 6.26 Å². The van der Waals surface area contributed by atoms with E-state index >= 15 is 0 Å². The average molecular weight is 441 g/mol. The molecule has 2 atom stereocenters. The first-order valence-corrected chi connectivity index (χ1v) is 11.9. The van der Waals surface area contributed by atoms with E-state index in [2.05, 4.69) is 10.2 Å². The van der Waals surface area contributed by atoms with E-state index in [4.69, 9.17) is 27.9 Å². The Balaban J connectivity index is 1.67. The molecule has 1 saturated heterocycles. The standard InChI is InChI=1S/C20H22Cl2N2O3S/c1-28(25,26)15-4-2-14(3-5-15)27-20-17-10-13(21)11-18(22)16(17)12-19(20)24-8-6-23-7-9-24/h2-5,10-11,19-20,23H,6-9,12H2,1H3. The van der Waals surface area contributed by atoms with Gasteiger partial charge in [-0.15, -0.1) is 0 Å². The summed E-state index contributed by atoms with van der Waals surface area (Å²) in [4.78, 5) is 2.70. The third-order valence-electron chi connectivity index (χ3n) is 5.40. The maximum atomic E-state index is 11.7. The zero-order valence-electron chi connectivity index (χ0n) is 15.5. The fourth-order valence-electron chi connectivity index (χ4n) is 4.00. The first-order valence-electron chi connectivity index (χ1n) is 9.22. The van der Waals surface area contributed by atoms with Gasteiger partial charge in [0.05, 0.1) is 10.9 Å². The summed E-state index contributed by atoms with van der Waals surface area (Å²) in [7, 11) is -3.24. The van der Waals surface area contributed by atoms with Gasteiger partial charge >= 0.3 is 0 Å². The van der Waals surface area contributed by atoms with Crippen molar-refractivity contribution in [3.63, 3.8) is 0 Å². The van der Waals surface area contributed by atoms with Crippen LogP contribution in [0.4, 0.5) is 0 Å². The van der Waals surface area contributed by atoms with E-state index in [-0.39, 0.29) is 17.0 Å². The minimum Gasteiger partial charge on any atom is -0.484 e. The van der Waals surface area contributed by atoms with Crippen LogP contribution in [-0.4, -0.2) is 51.8 Å². The number of hydrogen-bond donors (Lipinski definition) is 1. The molecule has 1 N–H and O–H groups in total. The van der Waals surface area contributed by atoms with E-state index in [9.17, 15) is 8.42 Å². The van der Waals surface area contributed by atoms with E-state index in [1.54, 1.807) is 30.3 Å². The van der Waals surface area contributed by atoms with Gasteiger partial charge in [-0.1, -0.05) is 23.2 Å². The van der Waals surface area contributed by atoms with Crippen LogP contribution < -0.4 is 10.1 Å². The molecule has 1 fully saturated rings. The van der Waals surface area contributed by atoms with Crippen LogP contribution in [0.15, 0.2) is 41.3 Å². The smallest absolute Gasteiger partial charge is 0.175 e. The molecular formula is C20H22Cl2N2O3S. The molecule has 8 heteroatoms. The summed E-state index contributed by atoms with van der Waals surface area (Å²) >= 11 is 12.8. The molecule has 28 heavy (non-hydrogen) atoms. The molecule has 0 aromatic heterocycles. The predicted molar refractivity (Wildman–Crippen MR) is 111 cm³/mol. The van der Waals surface area contributed by atoms with Gasteiger partial charge in [-0.05, 0) is 48.4 Å². The lowest BCUT2D eigenvalue weighted by Crippen LogP contribution is -2.50. The third kappa shape index (κ3) is 4.02. The summed E-state index contributed by atoms with van der Waals surface area (Å²) in [5.74, 6) is 0.626. The van der Waals surface area contributed by atoms with E-state index in [1.807, 2.05) is 6.07 Å². The second-order valence-electron chi connectivity index (χ2n) is 7.29. The lowest BCUT2D eigenvalue weighted by atomic mass is 10.1. The number of fused-ring (bicyclic) bond motifs is 1. The van der Waals surface area contributed by atoms with E-state index in [0.29, 0.717) is 15.8 Å². The number of benzene rings is 2. The van der Waals surface area contributed by atoms with Gasteiger partial charge in [0.1, 0.15) is 11.9 Å². The molecule has 2 unspecified atom stereocenters. The fourth-order valence-corrected chi connectivity index (χ4v) is 5.22. The highest BCUT2D eigenvalue weighted by Gasteiger charge is 2.39. The Hall–Kier alpha value is -1.31. The summed E-state index contributed by atoms with van der Waals surface area (Å²) in [6, 6.07) is 10.4. The van der Waals surface area contributed by atoms with Crippen molar-refractivity contribution in [1.82, 2.24) is 10.2 Å². The summed E-state index contributed by atoms with van der Waals surface area (Å²) in [6.45, 7) is 3.77. The average Bonchev–Trinajstić information content (AvgIpc) is 3.01. The maximum absolute atomic E-state index is 11.7. The van der Waals surface area contributed by atoms with Crippen molar-refractivity contribution < 1.29 is 13.2 Å². The van der Waals surface area contributed by atoms with E-state index in [0.717, 1.165) is 43.7 Å². The second-order valence-corrected chi connectivity index (χ2v) is 10.2. The number of nitrogens with one attached hydrogen (secondary N) is 1. The van der Waals surface area contributed by atoms with Crippen molar-refractivity contribution in [2.24, 2.45) is 0 Å². The molecule has 5 nitrogen and oxygen atoms in total. The highest BCUT2D eigenvalue weighted by atomic mass is 35.5. The zero-order chi connectivity index (χ0) is 19.9. The van der Waals surface area contributed by atoms with Gasteiger partial charge in [0.25, 0.3) is 0 Å². The Morgan fingerprint density at radius 1 is 1.11 bits per heavy atom. The number of hydrogen-bond acceptors (Lipinski definition) is 5. The number of nitrogens with zero attached hydrogens (tertiary/aromatic N) is 1. The summed E-state index contributed by atoms with van der Waals surface area (Å²) in [5, 5.41) is 4.63. The van der Waals surface area contributed by atoms with Crippen molar-refractivity contribution >= 4 is 33.0 Å². The molecule has 2 aromatic carbocycles. The Morgan fingerprint density at radius 2 is 1.79 bits per heavy atom. The Bertz CT molecular complexity index is 974. The fraction of sp³-hybridized carbons (Fsp3) is 0.400. The number of ether oxygens (including phenoxy) is 1. The quantitative estimate of drug-likeness (QED) is 0.789. The maximum Gasteiger partial charge on any atom is 0.175 e. The van der Waals surface area contributed by atoms with Crippen LogP contribution in [0, 0.1) is 0 Å². The Morgan fingerprint density at radius 3 is 2.43 bits per heavy atom. The van der Waals surface area contributed by atoms with Gasteiger partial charge in [-0.2, -0.15) is 0 Å². The van der Waals surface area contributed by atoms with Crippen LogP contribution >= 0.6 is 23.2 Å². The Kier molecular flexibility index (Phi) is 5.60. The summed E-state index contributed by atoms with van der Waals surface area (Å²) in [5.41, 5.74) is 2.08. The molecule has 2 aliphatic rings. The number of rotatable bonds is 4. The largest absolute Gasteiger partial charge is 0.484 e. The van der Waals surface area contributed by atoms with Crippen LogP contribution in [0.5, 0.6) is 5.75 Å². The van der Waals surface area contributed by atoms with Gasteiger partial charge in [-0.25, -0.2) is 8.42 Å². The second kappa shape index (κ2) is 7.84. The SMILES string of the molecule is CS(=O)(=O)c1ccc(OC2c3cc(Cl)cc(Cl)c3CC2N2CCNCC2)cc1. The van der Waals surface area contributed by atoms with Gasteiger partial charge in [-0.3, -0.25) is 4.90 Å². The summed E-state index contributed by atoms with van der Waals surface area (Å²) < 4.78 is 29.8. The highest BCUT2D eigenvalue weighted by molar-refractivity contribution is 7.90. The lowest BCUT2D eigenvalue weighted by molar-refractivity contribution is 0.0693. The van der Waals surface area contributed by atoms with Crippen LogP contribution in [0.1, 0.15) is 17.2 Å². The first-order chi connectivity index (χ1) is 13.3. The molecule has 4 rings (SSSR count). The molecular weight excluding hydrogens is 419 g/mol. The van der Waals surface area contributed by atoms with Gasteiger partial charge < -0.3 is 10.1 Å². The van der Waals surface area contributed by atoms with Crippen molar-refractivity contribution in [1.29, 1.82) is 0 Å². The van der Waals surface area contributed by atoms with Gasteiger partial charge in [0.2, 0.25) is 0 Å². The van der Waals surface area contributed by atoms with Gasteiger partial charge in [0, 0.05) is 48.0 Å². The monoisotopic (exact) mass is 440 g/mol. The molecule has 0 saturated carbocycles. The van der Waals surface area contributed by atoms with Crippen molar-refractivity contribution in [3.05, 3.63) is 57.6 Å². The molecule has 0 radical (unpaired) electrons. The summed E-state index contributed by atoms with van der Waals surface area (Å²) in [6.07, 6.45) is 1.78. The molecule has 1 aliphatic heterocycles. The molecule has 150 valence electrons. The first kappa shape index (κ1) is 20.0. The Labute approximate surface area is 175 Å². The highest BCUT2D eigenvalue weighted by Crippen LogP contribution is 2.42. The van der Waals surface area contributed by atoms with Crippen LogP contribution in [0.25, 0.3) is 0 Å². The van der Waals surface area contributed by atoms with Crippen LogP contribution in [-0.2, 0) is 16.3 Å². The number of sulfone groups is 1. The number of halogens is 2. The third-order valence-corrected chi connectivity index (χ3v) is 7.08. The lowest BCUT2D eigenvalue weighted by Gasteiger charge is -2.36. The van der Waals surface area contributed by atoms with Crippen molar-refractivity contribution in [2.75, 3.05) is 32.4 Å². The van der Waals surface area contributed by atoms with Crippen LogP contribution in [0.2, 0.25) is 10.0 Å². The van der Waals surface area contributed by atoms with Crippen molar-refractivity contribution in [3.8, 4) is 5.75 Å². The van der Waals surface area contributed by atoms with Crippen LogP contribution in [0.3, 0.4) is 0 Å². The number of piperazine rings is 1. The molecule has 0 spiro atoms. The normalized spacial score (nSPS) is 22.8. The minimum atomic E-state index is -3.24. The van der Waals surface area contributed by atoms with Crippen molar-refractivity contribution in [2.45, 2.75) is 23.5 Å². The topological polar surface area (TPSA) is 58.6 Å². The molecule has 1 heterocycles.